The summed E-state index contributed by atoms with van der Waals surface area (Å²) in [6, 6.07) is 4.28. The molecule has 2 aromatic rings. The number of nitrogens with zero attached hydrogens (tertiary/aromatic N) is 3. The van der Waals surface area contributed by atoms with Gasteiger partial charge < -0.3 is 19.8 Å². The zero-order valence-corrected chi connectivity index (χ0v) is 15.1. The Morgan fingerprint density at radius 3 is 2.54 bits per heavy atom. The molecule has 2 N–H and O–H groups in total. The third kappa shape index (κ3) is 3.65. The van der Waals surface area contributed by atoms with Crippen LogP contribution in [0.1, 0.15) is 39.2 Å². The maximum Gasteiger partial charge on any atom is 0.410 e. The lowest BCUT2D eigenvalue weighted by Crippen LogP contribution is -2.47. The molecule has 0 spiro atoms. The Balaban J connectivity index is 1.79. The molecule has 0 atom stereocenters. The molecule has 0 aromatic carbocycles. The number of pyridine rings is 1. The van der Waals surface area contributed by atoms with Gasteiger partial charge in [-0.15, -0.1) is 0 Å². The summed E-state index contributed by atoms with van der Waals surface area (Å²) in [5.74, 6) is -0.341. The Hall–Kier alpha value is -2.61. The van der Waals surface area contributed by atoms with Gasteiger partial charge in [0.2, 0.25) is 5.88 Å². The number of aromatic hydroxyl groups is 1. The van der Waals surface area contributed by atoms with Crippen molar-refractivity contribution in [3.8, 4) is 5.88 Å². The first-order chi connectivity index (χ1) is 12.1. The average molecular weight is 361 g/mol. The van der Waals surface area contributed by atoms with Gasteiger partial charge in [0.05, 0.1) is 11.7 Å². The second kappa shape index (κ2) is 6.28. The summed E-state index contributed by atoms with van der Waals surface area (Å²) >= 11 is 0. The molecule has 26 heavy (non-hydrogen) atoms. The van der Waals surface area contributed by atoms with Crippen LogP contribution >= 0.6 is 0 Å². The lowest BCUT2D eigenvalue weighted by Gasteiger charge is -2.38. The SMILES string of the molecule is CC(C)(C)OC(=O)N1CCC(O)(c2ccc3nc(O)cc(=O)n3c2)CC1. The van der Waals surface area contributed by atoms with Crippen molar-refractivity contribution >= 4 is 11.7 Å². The van der Waals surface area contributed by atoms with Crippen LogP contribution in [0.15, 0.2) is 29.2 Å². The molecule has 1 aliphatic rings. The molecule has 8 nitrogen and oxygen atoms in total. The number of aromatic nitrogens is 2. The number of aliphatic hydroxyl groups is 1. The molecular weight excluding hydrogens is 338 g/mol. The molecule has 1 aliphatic heterocycles. The van der Waals surface area contributed by atoms with Crippen LogP contribution in [-0.2, 0) is 10.3 Å². The van der Waals surface area contributed by atoms with Gasteiger partial charge in [-0.1, -0.05) is 6.07 Å². The summed E-state index contributed by atoms with van der Waals surface area (Å²) in [4.78, 5) is 29.6. The van der Waals surface area contributed by atoms with E-state index in [0.717, 1.165) is 6.07 Å². The van der Waals surface area contributed by atoms with E-state index in [1.807, 2.05) is 20.8 Å². The quantitative estimate of drug-likeness (QED) is 0.800. The minimum atomic E-state index is -1.15. The molecule has 1 saturated heterocycles. The summed E-state index contributed by atoms with van der Waals surface area (Å²) in [5.41, 5.74) is -1.27. The van der Waals surface area contributed by atoms with Crippen LogP contribution in [0.3, 0.4) is 0 Å². The Morgan fingerprint density at radius 2 is 1.92 bits per heavy atom. The summed E-state index contributed by atoms with van der Waals surface area (Å²) < 4.78 is 6.65. The van der Waals surface area contributed by atoms with E-state index < -0.39 is 22.9 Å². The van der Waals surface area contributed by atoms with Crippen LogP contribution in [0.5, 0.6) is 5.88 Å². The highest BCUT2D eigenvalue weighted by atomic mass is 16.6. The molecule has 0 radical (unpaired) electrons. The topological polar surface area (TPSA) is 104 Å². The highest BCUT2D eigenvalue weighted by molar-refractivity contribution is 5.68. The molecule has 0 bridgehead atoms. The highest BCUT2D eigenvalue weighted by Crippen LogP contribution is 2.33. The second-order valence-electron chi connectivity index (χ2n) is 7.60. The number of hydrogen-bond acceptors (Lipinski definition) is 6. The predicted molar refractivity (Wildman–Crippen MR) is 94.1 cm³/mol. The van der Waals surface area contributed by atoms with Gasteiger partial charge in [0.25, 0.3) is 5.56 Å². The minimum Gasteiger partial charge on any atom is -0.493 e. The van der Waals surface area contributed by atoms with Gasteiger partial charge >= 0.3 is 6.09 Å². The minimum absolute atomic E-state index is 0.300. The van der Waals surface area contributed by atoms with Crippen molar-refractivity contribution < 1.29 is 19.7 Å². The van der Waals surface area contributed by atoms with Crippen molar-refractivity contribution in [3.05, 3.63) is 40.3 Å². The van der Waals surface area contributed by atoms with E-state index in [2.05, 4.69) is 4.98 Å². The number of rotatable bonds is 1. The summed E-state index contributed by atoms with van der Waals surface area (Å²) in [6.07, 6.45) is 1.80. The third-order valence-electron chi connectivity index (χ3n) is 4.43. The van der Waals surface area contributed by atoms with E-state index in [-0.39, 0.29) is 5.88 Å². The summed E-state index contributed by atoms with van der Waals surface area (Å²) in [5, 5.41) is 20.4. The molecule has 8 heteroatoms. The van der Waals surface area contributed by atoms with Crippen molar-refractivity contribution in [1.29, 1.82) is 0 Å². The zero-order valence-electron chi connectivity index (χ0n) is 15.1. The maximum atomic E-state index is 12.2. The maximum absolute atomic E-state index is 12.2. The van der Waals surface area contributed by atoms with Gasteiger partial charge in [-0.25, -0.2) is 4.79 Å². The average Bonchev–Trinajstić information content (AvgIpc) is 2.53. The first-order valence-electron chi connectivity index (χ1n) is 8.51. The fraction of sp³-hybridized carbons (Fsp3) is 0.500. The lowest BCUT2D eigenvalue weighted by molar-refractivity contribution is -0.0358. The molecule has 3 heterocycles. The van der Waals surface area contributed by atoms with Crippen molar-refractivity contribution in [2.75, 3.05) is 13.1 Å². The number of piperidine rings is 1. The highest BCUT2D eigenvalue weighted by Gasteiger charge is 2.37. The van der Waals surface area contributed by atoms with Crippen LogP contribution in [0.4, 0.5) is 4.79 Å². The van der Waals surface area contributed by atoms with Crippen LogP contribution in [0.2, 0.25) is 0 Å². The fourth-order valence-corrected chi connectivity index (χ4v) is 3.04. The van der Waals surface area contributed by atoms with Crippen molar-refractivity contribution in [3.63, 3.8) is 0 Å². The van der Waals surface area contributed by atoms with Crippen molar-refractivity contribution in [1.82, 2.24) is 14.3 Å². The van der Waals surface area contributed by atoms with Crippen LogP contribution in [-0.4, -0.2) is 49.3 Å². The molecule has 140 valence electrons. The van der Waals surface area contributed by atoms with E-state index in [4.69, 9.17) is 4.74 Å². The molecule has 2 aromatic heterocycles. The van der Waals surface area contributed by atoms with Crippen molar-refractivity contribution in [2.45, 2.75) is 44.8 Å². The Morgan fingerprint density at radius 1 is 1.27 bits per heavy atom. The first-order valence-corrected chi connectivity index (χ1v) is 8.51. The van der Waals surface area contributed by atoms with E-state index in [1.165, 1.54) is 10.6 Å². The van der Waals surface area contributed by atoms with Gasteiger partial charge in [-0.2, -0.15) is 4.98 Å². The third-order valence-corrected chi connectivity index (χ3v) is 4.43. The molecule has 1 fully saturated rings. The van der Waals surface area contributed by atoms with E-state index in [9.17, 15) is 19.8 Å². The molecular formula is C18H23N3O5. The number of likely N-dealkylation sites (tertiary alicyclic amines) is 1. The van der Waals surface area contributed by atoms with Gasteiger partial charge in [-0.05, 0) is 39.7 Å². The number of ether oxygens (including phenoxy) is 1. The van der Waals surface area contributed by atoms with Crippen molar-refractivity contribution in [2.24, 2.45) is 0 Å². The summed E-state index contributed by atoms with van der Waals surface area (Å²) in [6.45, 7) is 6.13. The number of fused-ring (bicyclic) bond motifs is 1. The standard InChI is InChI=1S/C18H23N3O5/c1-17(2,3)26-16(24)20-8-6-18(25,7-9-20)12-4-5-13-19-14(22)10-15(23)21(13)11-12/h4-5,10-11,22,25H,6-9H2,1-3H3. The van der Waals surface area contributed by atoms with Crippen LogP contribution in [0, 0.1) is 0 Å². The Kier molecular flexibility index (Phi) is 4.39. The smallest absolute Gasteiger partial charge is 0.410 e. The lowest BCUT2D eigenvalue weighted by atomic mass is 9.85. The first kappa shape index (κ1) is 18.2. The van der Waals surface area contributed by atoms with Crippen LogP contribution < -0.4 is 5.56 Å². The largest absolute Gasteiger partial charge is 0.493 e. The number of carbonyl (C=O) groups excluding carboxylic acids is 1. The molecule has 0 saturated carbocycles. The van der Waals surface area contributed by atoms with Gasteiger partial charge in [-0.3, -0.25) is 9.20 Å². The normalized spacial score (nSPS) is 17.3. The number of amides is 1. The second-order valence-corrected chi connectivity index (χ2v) is 7.60. The number of carbonyl (C=O) groups is 1. The van der Waals surface area contributed by atoms with Crippen LogP contribution in [0.25, 0.3) is 5.65 Å². The monoisotopic (exact) mass is 361 g/mol. The van der Waals surface area contributed by atoms with E-state index in [0.29, 0.717) is 37.1 Å². The summed E-state index contributed by atoms with van der Waals surface area (Å²) in [7, 11) is 0. The van der Waals surface area contributed by atoms with Gasteiger partial charge in [0, 0.05) is 24.8 Å². The molecule has 1 amide bonds. The predicted octanol–water partition coefficient (Wildman–Crippen LogP) is 1.62. The molecule has 0 unspecified atom stereocenters. The fourth-order valence-electron chi connectivity index (χ4n) is 3.04. The van der Waals surface area contributed by atoms with Gasteiger partial charge in [0.15, 0.2) is 0 Å². The zero-order chi connectivity index (χ0) is 19.1. The molecule has 3 rings (SSSR count). The van der Waals surface area contributed by atoms with E-state index in [1.54, 1.807) is 17.0 Å². The Labute approximate surface area is 150 Å². The van der Waals surface area contributed by atoms with E-state index >= 15 is 0 Å². The molecule has 0 aliphatic carbocycles. The van der Waals surface area contributed by atoms with Gasteiger partial charge in [0.1, 0.15) is 11.2 Å². The number of hydrogen-bond donors (Lipinski definition) is 2. The Bertz CT molecular complexity index is 892.